The number of nitrogens with one attached hydrogen (secondary N) is 1. The topological polar surface area (TPSA) is 102 Å². The van der Waals surface area contributed by atoms with Gasteiger partial charge in [-0.2, -0.15) is 0 Å². The lowest BCUT2D eigenvalue weighted by molar-refractivity contribution is -0.385. The van der Waals surface area contributed by atoms with Gasteiger partial charge in [-0.1, -0.05) is 0 Å². The highest BCUT2D eigenvalue weighted by molar-refractivity contribution is 6.08. The average molecular weight is 257 g/mol. The first-order valence-electron chi connectivity index (χ1n) is 5.40. The van der Waals surface area contributed by atoms with Crippen molar-refractivity contribution >= 4 is 33.2 Å². The molecule has 0 atom stereocenters. The van der Waals surface area contributed by atoms with Crippen LogP contribution in [0.3, 0.4) is 0 Å². The number of aromatic amines is 1. The molecule has 0 saturated heterocycles. The van der Waals surface area contributed by atoms with Gasteiger partial charge < -0.3 is 4.98 Å². The molecule has 0 aliphatic rings. The molecule has 0 amide bonds. The van der Waals surface area contributed by atoms with Gasteiger partial charge in [0.05, 0.1) is 9.85 Å². The summed E-state index contributed by atoms with van der Waals surface area (Å²) in [5.41, 5.74) is 1.34. The van der Waals surface area contributed by atoms with E-state index in [0.717, 1.165) is 0 Å². The van der Waals surface area contributed by atoms with Crippen LogP contribution in [0.5, 0.6) is 0 Å². The Morgan fingerprint density at radius 2 is 1.21 bits per heavy atom. The first kappa shape index (κ1) is 11.1. The van der Waals surface area contributed by atoms with Crippen molar-refractivity contribution in [3.8, 4) is 0 Å². The van der Waals surface area contributed by atoms with E-state index in [4.69, 9.17) is 0 Å². The van der Waals surface area contributed by atoms with Gasteiger partial charge in [0.1, 0.15) is 0 Å². The molecule has 0 aliphatic carbocycles. The van der Waals surface area contributed by atoms with Crippen molar-refractivity contribution in [1.29, 1.82) is 0 Å². The number of nitro groups is 2. The number of benzene rings is 2. The Balaban J connectivity index is 2.37. The second-order valence-corrected chi connectivity index (χ2v) is 4.10. The molecule has 3 aromatic rings. The van der Waals surface area contributed by atoms with Crippen LogP contribution in [0.25, 0.3) is 21.8 Å². The molecule has 0 spiro atoms. The molecule has 1 N–H and O–H groups in total. The van der Waals surface area contributed by atoms with Crippen LogP contribution in [0.4, 0.5) is 11.4 Å². The van der Waals surface area contributed by atoms with Gasteiger partial charge in [0, 0.05) is 46.1 Å². The number of hydrogen-bond acceptors (Lipinski definition) is 4. The SMILES string of the molecule is O=[N+]([O-])c1ccc2[nH]c3ccc([N+](=O)[O-])cc3c2c1. The lowest BCUT2D eigenvalue weighted by Gasteiger charge is -1.93. The van der Waals surface area contributed by atoms with Crippen LogP contribution in [0.1, 0.15) is 0 Å². The summed E-state index contributed by atoms with van der Waals surface area (Å²) in [4.78, 5) is 23.6. The Bertz CT molecular complexity index is 769. The molecule has 0 radical (unpaired) electrons. The van der Waals surface area contributed by atoms with Crippen molar-refractivity contribution in [3.63, 3.8) is 0 Å². The largest absolute Gasteiger partial charge is 0.354 e. The van der Waals surface area contributed by atoms with Crippen LogP contribution in [0.2, 0.25) is 0 Å². The number of hydrogen-bond donors (Lipinski definition) is 1. The zero-order valence-corrected chi connectivity index (χ0v) is 9.49. The van der Waals surface area contributed by atoms with E-state index in [-0.39, 0.29) is 11.4 Å². The molecule has 2 aromatic carbocycles. The smallest absolute Gasteiger partial charge is 0.270 e. The highest BCUT2D eigenvalue weighted by Gasteiger charge is 2.13. The molecule has 0 bridgehead atoms. The number of fused-ring (bicyclic) bond motifs is 3. The molecular formula is C12H7N3O4. The lowest BCUT2D eigenvalue weighted by Crippen LogP contribution is -1.87. The highest BCUT2D eigenvalue weighted by Crippen LogP contribution is 2.30. The summed E-state index contributed by atoms with van der Waals surface area (Å²) >= 11 is 0. The maximum atomic E-state index is 10.8. The molecule has 7 nitrogen and oxygen atoms in total. The van der Waals surface area contributed by atoms with Gasteiger partial charge >= 0.3 is 0 Å². The third-order valence-electron chi connectivity index (χ3n) is 2.99. The van der Waals surface area contributed by atoms with Gasteiger partial charge in [-0.05, 0) is 12.1 Å². The standard InChI is InChI=1S/C12H7N3O4/c16-14(17)7-1-3-11-9(5-7)10-6-8(15(18)19)2-4-12(10)13-11/h1-6,13H. The predicted molar refractivity (Wildman–Crippen MR) is 69.1 cm³/mol. The zero-order chi connectivity index (χ0) is 13.6. The van der Waals surface area contributed by atoms with E-state index in [1.54, 1.807) is 12.1 Å². The fourth-order valence-corrected chi connectivity index (χ4v) is 2.10. The molecule has 3 rings (SSSR count). The molecule has 1 heterocycles. The third kappa shape index (κ3) is 1.68. The second-order valence-electron chi connectivity index (χ2n) is 4.10. The van der Waals surface area contributed by atoms with Gasteiger partial charge in [0.2, 0.25) is 0 Å². The van der Waals surface area contributed by atoms with Crippen LogP contribution >= 0.6 is 0 Å². The van der Waals surface area contributed by atoms with Gasteiger partial charge in [-0.15, -0.1) is 0 Å². The van der Waals surface area contributed by atoms with Gasteiger partial charge in [0.15, 0.2) is 0 Å². The van der Waals surface area contributed by atoms with Gasteiger partial charge in [-0.3, -0.25) is 20.2 Å². The summed E-state index contributed by atoms with van der Waals surface area (Å²) in [6.07, 6.45) is 0. The molecule has 0 saturated carbocycles. The molecule has 0 fully saturated rings. The third-order valence-corrected chi connectivity index (χ3v) is 2.99. The maximum absolute atomic E-state index is 10.8. The van der Waals surface area contributed by atoms with E-state index < -0.39 is 9.85 Å². The van der Waals surface area contributed by atoms with E-state index in [9.17, 15) is 20.2 Å². The Morgan fingerprint density at radius 1 is 0.789 bits per heavy atom. The monoisotopic (exact) mass is 257 g/mol. The first-order valence-corrected chi connectivity index (χ1v) is 5.40. The number of non-ortho nitro benzene ring substituents is 2. The van der Waals surface area contributed by atoms with E-state index in [2.05, 4.69) is 4.98 Å². The lowest BCUT2D eigenvalue weighted by atomic mass is 10.1. The molecule has 94 valence electrons. The minimum absolute atomic E-state index is 0.0418. The number of H-pyrrole nitrogens is 1. The van der Waals surface area contributed by atoms with Gasteiger partial charge in [-0.25, -0.2) is 0 Å². The quantitative estimate of drug-likeness (QED) is 0.562. The van der Waals surface area contributed by atoms with Crippen molar-refractivity contribution in [2.75, 3.05) is 0 Å². The fourth-order valence-electron chi connectivity index (χ4n) is 2.10. The van der Waals surface area contributed by atoms with Crippen LogP contribution < -0.4 is 0 Å². The van der Waals surface area contributed by atoms with E-state index in [1.165, 1.54) is 24.3 Å². The Morgan fingerprint density at radius 3 is 1.58 bits per heavy atom. The fraction of sp³-hybridized carbons (Fsp3) is 0. The molecule has 19 heavy (non-hydrogen) atoms. The summed E-state index contributed by atoms with van der Waals surface area (Å²) < 4.78 is 0. The Hall–Kier alpha value is -2.96. The minimum Gasteiger partial charge on any atom is -0.354 e. The molecule has 7 heteroatoms. The van der Waals surface area contributed by atoms with Crippen molar-refractivity contribution in [2.24, 2.45) is 0 Å². The van der Waals surface area contributed by atoms with Crippen molar-refractivity contribution in [2.45, 2.75) is 0 Å². The molecule has 0 aliphatic heterocycles. The van der Waals surface area contributed by atoms with Crippen molar-refractivity contribution in [1.82, 2.24) is 4.98 Å². The van der Waals surface area contributed by atoms with Gasteiger partial charge in [0.25, 0.3) is 11.4 Å². The first-order chi connectivity index (χ1) is 9.06. The number of rotatable bonds is 2. The van der Waals surface area contributed by atoms with E-state index in [0.29, 0.717) is 21.8 Å². The second kappa shape index (κ2) is 3.77. The summed E-state index contributed by atoms with van der Waals surface area (Å²) in [6, 6.07) is 8.81. The zero-order valence-electron chi connectivity index (χ0n) is 9.49. The Kier molecular flexibility index (Phi) is 2.21. The highest BCUT2D eigenvalue weighted by atomic mass is 16.6. The number of aromatic nitrogens is 1. The number of nitrogens with zero attached hydrogens (tertiary/aromatic N) is 2. The van der Waals surface area contributed by atoms with E-state index in [1.807, 2.05) is 0 Å². The summed E-state index contributed by atoms with van der Waals surface area (Å²) in [5.74, 6) is 0. The molecular weight excluding hydrogens is 250 g/mol. The molecule has 0 unspecified atom stereocenters. The Labute approximate surface area is 105 Å². The average Bonchev–Trinajstić information content (AvgIpc) is 2.75. The van der Waals surface area contributed by atoms with Crippen molar-refractivity contribution in [3.05, 3.63) is 56.6 Å². The summed E-state index contributed by atoms with van der Waals surface area (Å²) in [6.45, 7) is 0. The summed E-state index contributed by atoms with van der Waals surface area (Å²) in [7, 11) is 0. The normalized spacial score (nSPS) is 10.9. The van der Waals surface area contributed by atoms with Crippen LogP contribution in [-0.4, -0.2) is 14.8 Å². The van der Waals surface area contributed by atoms with E-state index >= 15 is 0 Å². The number of nitro benzene ring substituents is 2. The predicted octanol–water partition coefficient (Wildman–Crippen LogP) is 3.14. The van der Waals surface area contributed by atoms with Crippen LogP contribution in [0.15, 0.2) is 36.4 Å². The maximum Gasteiger partial charge on any atom is 0.270 e. The molecule has 1 aromatic heterocycles. The van der Waals surface area contributed by atoms with Crippen LogP contribution in [0, 0.1) is 20.2 Å². The summed E-state index contributed by atoms with van der Waals surface area (Å²) in [5, 5.41) is 22.7. The minimum atomic E-state index is -0.490. The van der Waals surface area contributed by atoms with Crippen LogP contribution in [-0.2, 0) is 0 Å². The van der Waals surface area contributed by atoms with Crippen molar-refractivity contribution < 1.29 is 9.85 Å².